The quantitative estimate of drug-likeness (QED) is 0.314. The molecule has 1 aliphatic rings. The highest BCUT2D eigenvalue weighted by Gasteiger charge is 2.27. The fourth-order valence-electron chi connectivity index (χ4n) is 5.64. The summed E-state index contributed by atoms with van der Waals surface area (Å²) in [6.07, 6.45) is 2.26. The molecule has 1 aliphatic heterocycles. The number of nitrogens with zero attached hydrogens (tertiary/aromatic N) is 3. The van der Waals surface area contributed by atoms with Crippen molar-refractivity contribution in [2.45, 2.75) is 25.4 Å². The van der Waals surface area contributed by atoms with Crippen LogP contribution < -0.4 is 5.32 Å². The Morgan fingerprint density at radius 2 is 1.92 bits per heavy atom. The molecule has 0 spiro atoms. The summed E-state index contributed by atoms with van der Waals surface area (Å²) >= 11 is 0. The van der Waals surface area contributed by atoms with Crippen molar-refractivity contribution in [2.24, 2.45) is 5.92 Å². The van der Waals surface area contributed by atoms with Gasteiger partial charge in [0, 0.05) is 35.4 Å². The third kappa shape index (κ3) is 4.39. The van der Waals surface area contributed by atoms with Gasteiger partial charge in [-0.3, -0.25) is 5.10 Å². The van der Waals surface area contributed by atoms with Crippen molar-refractivity contribution in [1.82, 2.24) is 25.4 Å². The molecule has 6 rings (SSSR count). The molecular weight excluding hydrogens is 444 g/mol. The van der Waals surface area contributed by atoms with Crippen LogP contribution in [0.4, 0.5) is 0 Å². The smallest absolute Gasteiger partial charge is 0.116 e. The van der Waals surface area contributed by atoms with Gasteiger partial charge in [-0.1, -0.05) is 42.5 Å². The predicted octanol–water partition coefficient (Wildman–Crippen LogP) is 5.24. The van der Waals surface area contributed by atoms with Gasteiger partial charge in [-0.15, -0.1) is 0 Å². The fraction of sp³-hybridized carbons (Fsp3) is 0.267. The lowest BCUT2D eigenvalue weighted by Gasteiger charge is -2.37. The second-order valence-electron chi connectivity index (χ2n) is 9.99. The molecule has 5 aromatic rings. The molecule has 1 saturated heterocycles. The number of rotatable bonds is 6. The minimum atomic E-state index is 0.486. The summed E-state index contributed by atoms with van der Waals surface area (Å²) in [5.41, 5.74) is 7.17. The lowest BCUT2D eigenvalue weighted by atomic mass is 9.86. The number of aromatic nitrogens is 3. The van der Waals surface area contributed by atoms with Crippen LogP contribution in [0.1, 0.15) is 23.1 Å². The molecule has 36 heavy (non-hydrogen) atoms. The predicted molar refractivity (Wildman–Crippen MR) is 144 cm³/mol. The van der Waals surface area contributed by atoms with E-state index >= 15 is 0 Å². The standard InChI is InChI=1S/C30H30N6/c1-36-13-12-26(23(19-36)14-20-6-3-2-4-7-20)32-18-22-8-5-9-27-25(22)16-29(33-27)30-24-11-10-21(17-31)15-28(24)34-35-30/h2-11,15-16,23,26,32-33H,12-14,18-19H2,1H3,(H,34,35)/t23-,26-/m1/s1. The highest BCUT2D eigenvalue weighted by molar-refractivity contribution is 5.96. The van der Waals surface area contributed by atoms with E-state index in [1.54, 1.807) is 0 Å². The first-order valence-corrected chi connectivity index (χ1v) is 12.6. The van der Waals surface area contributed by atoms with Crippen LogP contribution in [0.25, 0.3) is 33.2 Å². The Hall–Kier alpha value is -3.92. The molecule has 1 fully saturated rings. The summed E-state index contributed by atoms with van der Waals surface area (Å²) in [4.78, 5) is 6.02. The van der Waals surface area contributed by atoms with Gasteiger partial charge >= 0.3 is 0 Å². The van der Waals surface area contributed by atoms with Crippen molar-refractivity contribution in [2.75, 3.05) is 20.1 Å². The van der Waals surface area contributed by atoms with Gasteiger partial charge in [-0.2, -0.15) is 10.4 Å². The average Bonchev–Trinajstić information content (AvgIpc) is 3.53. The first-order chi connectivity index (χ1) is 17.7. The average molecular weight is 475 g/mol. The molecular formula is C30H30N6. The highest BCUT2D eigenvalue weighted by atomic mass is 15.1. The second-order valence-corrected chi connectivity index (χ2v) is 9.99. The molecule has 0 bridgehead atoms. The number of hydrogen-bond donors (Lipinski definition) is 3. The van der Waals surface area contributed by atoms with Crippen LogP contribution >= 0.6 is 0 Å². The molecule has 2 aromatic heterocycles. The molecule has 6 heteroatoms. The van der Waals surface area contributed by atoms with Crippen LogP contribution in [-0.4, -0.2) is 46.3 Å². The van der Waals surface area contributed by atoms with Crippen LogP contribution in [0, 0.1) is 17.2 Å². The van der Waals surface area contributed by atoms with Gasteiger partial charge in [0.2, 0.25) is 0 Å². The SMILES string of the molecule is CN1CC[C@@H](NCc2cccc3[nH]c(-c4n[nH]c5cc(C#N)ccc45)cc23)[C@H](Cc2ccccc2)C1. The zero-order valence-corrected chi connectivity index (χ0v) is 20.5. The van der Waals surface area contributed by atoms with Crippen molar-refractivity contribution in [3.63, 3.8) is 0 Å². The summed E-state index contributed by atoms with van der Waals surface area (Å²) in [5, 5.41) is 23.0. The van der Waals surface area contributed by atoms with E-state index in [9.17, 15) is 5.26 Å². The molecule has 6 nitrogen and oxygen atoms in total. The van der Waals surface area contributed by atoms with Gasteiger partial charge in [0.1, 0.15) is 5.69 Å². The van der Waals surface area contributed by atoms with Gasteiger partial charge in [-0.25, -0.2) is 0 Å². The van der Waals surface area contributed by atoms with E-state index in [4.69, 9.17) is 0 Å². The maximum Gasteiger partial charge on any atom is 0.116 e. The number of hydrogen-bond acceptors (Lipinski definition) is 4. The number of fused-ring (bicyclic) bond motifs is 2. The second kappa shape index (κ2) is 9.62. The van der Waals surface area contributed by atoms with Crippen molar-refractivity contribution >= 4 is 21.8 Å². The molecule has 180 valence electrons. The van der Waals surface area contributed by atoms with Crippen LogP contribution in [0.2, 0.25) is 0 Å². The van der Waals surface area contributed by atoms with Crippen LogP contribution in [-0.2, 0) is 13.0 Å². The molecule has 3 heterocycles. The third-order valence-electron chi connectivity index (χ3n) is 7.53. The molecule has 0 saturated carbocycles. The van der Waals surface area contributed by atoms with Crippen molar-refractivity contribution in [3.8, 4) is 17.5 Å². The summed E-state index contributed by atoms with van der Waals surface area (Å²) in [5.74, 6) is 0.584. The molecule has 0 aliphatic carbocycles. The Morgan fingerprint density at radius 3 is 2.78 bits per heavy atom. The third-order valence-corrected chi connectivity index (χ3v) is 7.53. The molecule has 2 atom stereocenters. The van der Waals surface area contributed by atoms with Crippen molar-refractivity contribution in [1.29, 1.82) is 5.26 Å². The van der Waals surface area contributed by atoms with Gasteiger partial charge in [0.05, 0.1) is 22.8 Å². The zero-order valence-electron chi connectivity index (χ0n) is 20.5. The lowest BCUT2D eigenvalue weighted by molar-refractivity contribution is 0.162. The van der Waals surface area contributed by atoms with E-state index in [0.717, 1.165) is 60.3 Å². The minimum Gasteiger partial charge on any atom is -0.353 e. The summed E-state index contributed by atoms with van der Waals surface area (Å²) in [7, 11) is 2.23. The summed E-state index contributed by atoms with van der Waals surface area (Å²) < 4.78 is 0. The van der Waals surface area contributed by atoms with Crippen molar-refractivity contribution in [3.05, 3.63) is 89.5 Å². The van der Waals surface area contributed by atoms with E-state index in [1.807, 2.05) is 18.2 Å². The maximum absolute atomic E-state index is 9.20. The van der Waals surface area contributed by atoms with Gasteiger partial charge in [0.15, 0.2) is 0 Å². The van der Waals surface area contributed by atoms with E-state index in [0.29, 0.717) is 17.5 Å². The largest absolute Gasteiger partial charge is 0.353 e. The Morgan fingerprint density at radius 1 is 1.03 bits per heavy atom. The van der Waals surface area contributed by atoms with Gasteiger partial charge < -0.3 is 15.2 Å². The monoisotopic (exact) mass is 474 g/mol. The van der Waals surface area contributed by atoms with E-state index in [2.05, 4.69) is 93.1 Å². The number of nitriles is 1. The molecule has 3 N–H and O–H groups in total. The number of piperidine rings is 1. The zero-order chi connectivity index (χ0) is 24.5. The first kappa shape index (κ1) is 22.5. The van der Waals surface area contributed by atoms with Crippen LogP contribution in [0.5, 0.6) is 0 Å². The van der Waals surface area contributed by atoms with Crippen LogP contribution in [0.15, 0.2) is 72.8 Å². The van der Waals surface area contributed by atoms with Crippen LogP contribution in [0.3, 0.4) is 0 Å². The molecule has 3 aromatic carbocycles. The Balaban J connectivity index is 1.24. The Bertz CT molecular complexity index is 1540. The molecule has 0 radical (unpaired) electrons. The van der Waals surface area contributed by atoms with E-state index in [1.165, 1.54) is 16.5 Å². The van der Waals surface area contributed by atoms with E-state index < -0.39 is 0 Å². The van der Waals surface area contributed by atoms with Crippen molar-refractivity contribution < 1.29 is 0 Å². The van der Waals surface area contributed by atoms with Gasteiger partial charge in [0.25, 0.3) is 0 Å². The fourth-order valence-corrected chi connectivity index (χ4v) is 5.64. The number of likely N-dealkylation sites (tertiary alicyclic amines) is 1. The van der Waals surface area contributed by atoms with Gasteiger partial charge in [-0.05, 0) is 73.8 Å². The normalized spacial score (nSPS) is 18.6. The Labute approximate surface area is 210 Å². The topological polar surface area (TPSA) is 83.5 Å². The molecule has 0 unspecified atom stereocenters. The summed E-state index contributed by atoms with van der Waals surface area (Å²) in [6, 6.07) is 27.9. The number of nitrogens with one attached hydrogen (secondary N) is 3. The summed E-state index contributed by atoms with van der Waals surface area (Å²) in [6.45, 7) is 3.08. The lowest BCUT2D eigenvalue weighted by Crippen LogP contribution is -2.48. The highest BCUT2D eigenvalue weighted by Crippen LogP contribution is 2.31. The number of aromatic amines is 2. The van der Waals surface area contributed by atoms with E-state index in [-0.39, 0.29) is 0 Å². The first-order valence-electron chi connectivity index (χ1n) is 12.6. The molecule has 0 amide bonds. The Kier molecular flexibility index (Phi) is 6.02. The number of benzene rings is 3. The minimum absolute atomic E-state index is 0.486. The maximum atomic E-state index is 9.20. The number of H-pyrrole nitrogens is 2.